The summed E-state index contributed by atoms with van der Waals surface area (Å²) in [5, 5.41) is 2.95. The predicted molar refractivity (Wildman–Crippen MR) is 88.3 cm³/mol. The number of carbonyl (C=O) groups excluding carboxylic acids is 3. The van der Waals surface area contributed by atoms with Gasteiger partial charge in [0, 0.05) is 23.1 Å². The van der Waals surface area contributed by atoms with Crippen molar-refractivity contribution in [1.82, 2.24) is 0 Å². The molecule has 2 aliphatic rings. The second kappa shape index (κ2) is 4.76. The van der Waals surface area contributed by atoms with Crippen molar-refractivity contribution in [2.24, 2.45) is 16.2 Å². The van der Waals surface area contributed by atoms with Crippen molar-refractivity contribution in [3.63, 3.8) is 0 Å². The minimum absolute atomic E-state index is 0.0379. The van der Waals surface area contributed by atoms with E-state index in [1.54, 1.807) is 24.3 Å². The van der Waals surface area contributed by atoms with Crippen molar-refractivity contribution < 1.29 is 14.4 Å². The van der Waals surface area contributed by atoms with Gasteiger partial charge >= 0.3 is 0 Å². The highest BCUT2D eigenvalue weighted by atomic mass is 16.2. The first-order valence-electron chi connectivity index (χ1n) is 8.10. The standard InChI is InChI=1S/C19H23NO3/c1-12(21)13-6-5-7-14(10-13)20-16(23)19-9-8-18(4,15(22)11-19)17(19,2)3/h5-7,10H,8-9,11H2,1-4H3,(H,20,23)/t18-,19-/m0/s1. The molecule has 2 fully saturated rings. The summed E-state index contributed by atoms with van der Waals surface area (Å²) in [7, 11) is 0. The lowest BCUT2D eigenvalue weighted by Crippen LogP contribution is -2.43. The molecule has 3 rings (SSSR count). The molecule has 2 aliphatic carbocycles. The van der Waals surface area contributed by atoms with Crippen LogP contribution in [0.1, 0.15) is 57.3 Å². The Balaban J connectivity index is 1.91. The smallest absolute Gasteiger partial charge is 0.231 e. The molecule has 0 aliphatic heterocycles. The Hall–Kier alpha value is -1.97. The van der Waals surface area contributed by atoms with Gasteiger partial charge in [-0.3, -0.25) is 14.4 Å². The van der Waals surface area contributed by atoms with Crippen LogP contribution in [0, 0.1) is 16.2 Å². The van der Waals surface area contributed by atoms with Crippen LogP contribution in [-0.2, 0) is 9.59 Å². The third-order valence-electron chi connectivity index (χ3n) is 6.67. The third kappa shape index (κ3) is 1.93. The minimum atomic E-state index is -0.648. The molecular formula is C19H23NO3. The van der Waals surface area contributed by atoms with Gasteiger partial charge in [-0.15, -0.1) is 0 Å². The molecule has 1 amide bonds. The summed E-state index contributed by atoms with van der Waals surface area (Å²) < 4.78 is 0. The van der Waals surface area contributed by atoms with Crippen LogP contribution in [0.15, 0.2) is 24.3 Å². The average molecular weight is 313 g/mol. The lowest BCUT2D eigenvalue weighted by Gasteiger charge is -2.38. The van der Waals surface area contributed by atoms with Crippen LogP contribution in [0.3, 0.4) is 0 Å². The molecule has 23 heavy (non-hydrogen) atoms. The van der Waals surface area contributed by atoms with Gasteiger partial charge in [-0.25, -0.2) is 0 Å². The van der Waals surface area contributed by atoms with Crippen LogP contribution in [0.25, 0.3) is 0 Å². The number of nitrogens with one attached hydrogen (secondary N) is 1. The molecule has 0 radical (unpaired) electrons. The monoisotopic (exact) mass is 313 g/mol. The zero-order valence-corrected chi connectivity index (χ0v) is 14.2. The summed E-state index contributed by atoms with van der Waals surface area (Å²) in [6.07, 6.45) is 1.81. The lowest BCUT2D eigenvalue weighted by molar-refractivity contribution is -0.131. The first-order chi connectivity index (χ1) is 10.6. The Morgan fingerprint density at radius 2 is 1.83 bits per heavy atom. The van der Waals surface area contributed by atoms with Gasteiger partial charge in [-0.2, -0.15) is 0 Å². The number of anilines is 1. The quantitative estimate of drug-likeness (QED) is 0.867. The number of benzene rings is 1. The van der Waals surface area contributed by atoms with E-state index in [0.29, 0.717) is 17.7 Å². The van der Waals surface area contributed by atoms with E-state index in [-0.39, 0.29) is 22.9 Å². The number of hydrogen-bond donors (Lipinski definition) is 1. The van der Waals surface area contributed by atoms with Crippen LogP contribution in [-0.4, -0.2) is 17.5 Å². The SMILES string of the molecule is CC(=O)c1cccc(NC(=O)[C@]23CC[C@@](C)(C(=O)C2)C3(C)C)c1. The molecule has 2 bridgehead atoms. The summed E-state index contributed by atoms with van der Waals surface area (Å²) >= 11 is 0. The zero-order chi connectivity index (χ0) is 17.0. The van der Waals surface area contributed by atoms with Gasteiger partial charge in [0.05, 0.1) is 5.41 Å². The predicted octanol–water partition coefficient (Wildman–Crippen LogP) is 3.61. The van der Waals surface area contributed by atoms with Gasteiger partial charge in [-0.1, -0.05) is 32.9 Å². The van der Waals surface area contributed by atoms with Crippen LogP contribution in [0.4, 0.5) is 5.69 Å². The first-order valence-corrected chi connectivity index (χ1v) is 8.10. The summed E-state index contributed by atoms with van der Waals surface area (Å²) in [4.78, 5) is 37.0. The van der Waals surface area contributed by atoms with Crippen LogP contribution >= 0.6 is 0 Å². The van der Waals surface area contributed by atoms with Gasteiger partial charge in [0.25, 0.3) is 0 Å². The Morgan fingerprint density at radius 3 is 2.35 bits per heavy atom. The fourth-order valence-electron chi connectivity index (χ4n) is 4.43. The van der Waals surface area contributed by atoms with E-state index < -0.39 is 10.8 Å². The summed E-state index contributed by atoms with van der Waals surface area (Å²) in [5.41, 5.74) is -0.241. The summed E-state index contributed by atoms with van der Waals surface area (Å²) in [6, 6.07) is 6.95. The molecule has 0 spiro atoms. The maximum Gasteiger partial charge on any atom is 0.231 e. The fourth-order valence-corrected chi connectivity index (χ4v) is 4.43. The van der Waals surface area contributed by atoms with Crippen LogP contribution in [0.2, 0.25) is 0 Å². The van der Waals surface area contributed by atoms with E-state index in [0.717, 1.165) is 12.8 Å². The molecule has 1 aromatic rings. The summed E-state index contributed by atoms with van der Waals surface area (Å²) in [6.45, 7) is 7.57. The van der Waals surface area contributed by atoms with Crippen molar-refractivity contribution in [1.29, 1.82) is 0 Å². The molecule has 4 heteroatoms. The number of carbonyl (C=O) groups is 3. The van der Waals surface area contributed by atoms with E-state index in [1.165, 1.54) is 6.92 Å². The number of amides is 1. The number of rotatable bonds is 3. The number of fused-ring (bicyclic) bond motifs is 2. The van der Waals surface area contributed by atoms with Gasteiger partial charge in [0.2, 0.25) is 5.91 Å². The number of hydrogen-bond acceptors (Lipinski definition) is 3. The molecule has 1 N–H and O–H groups in total. The molecule has 1 aromatic carbocycles. The fraction of sp³-hybridized carbons (Fsp3) is 0.526. The second-order valence-electron chi connectivity index (χ2n) is 7.73. The summed E-state index contributed by atoms with van der Waals surface area (Å²) in [5.74, 6) is 0.0586. The minimum Gasteiger partial charge on any atom is -0.326 e. The van der Waals surface area contributed by atoms with E-state index in [4.69, 9.17) is 0 Å². The molecule has 0 heterocycles. The number of ketones is 2. The van der Waals surface area contributed by atoms with Crippen molar-refractivity contribution in [3.8, 4) is 0 Å². The first kappa shape index (κ1) is 15.9. The lowest BCUT2D eigenvalue weighted by atomic mass is 9.64. The van der Waals surface area contributed by atoms with Crippen molar-refractivity contribution in [2.75, 3.05) is 5.32 Å². The normalized spacial score (nSPS) is 31.2. The largest absolute Gasteiger partial charge is 0.326 e. The van der Waals surface area contributed by atoms with Crippen LogP contribution in [0.5, 0.6) is 0 Å². The Labute approximate surface area is 136 Å². The Morgan fingerprint density at radius 1 is 1.13 bits per heavy atom. The molecule has 4 nitrogen and oxygen atoms in total. The van der Waals surface area contributed by atoms with Crippen molar-refractivity contribution >= 4 is 23.2 Å². The molecule has 0 saturated heterocycles. The van der Waals surface area contributed by atoms with Gasteiger partial charge in [-0.05, 0) is 37.3 Å². The van der Waals surface area contributed by atoms with Crippen LogP contribution < -0.4 is 5.32 Å². The highest BCUT2D eigenvalue weighted by molar-refractivity contribution is 6.05. The highest BCUT2D eigenvalue weighted by Crippen LogP contribution is 2.70. The Bertz CT molecular complexity index is 721. The van der Waals surface area contributed by atoms with Gasteiger partial charge in [0.1, 0.15) is 5.78 Å². The third-order valence-corrected chi connectivity index (χ3v) is 6.67. The van der Waals surface area contributed by atoms with E-state index in [1.807, 2.05) is 20.8 Å². The maximum absolute atomic E-state index is 13.0. The van der Waals surface area contributed by atoms with E-state index >= 15 is 0 Å². The van der Waals surface area contributed by atoms with Crippen molar-refractivity contribution in [3.05, 3.63) is 29.8 Å². The molecule has 122 valence electrons. The molecule has 0 unspecified atom stereocenters. The van der Waals surface area contributed by atoms with Crippen molar-refractivity contribution in [2.45, 2.75) is 47.0 Å². The molecular weight excluding hydrogens is 290 g/mol. The van der Waals surface area contributed by atoms with E-state index in [9.17, 15) is 14.4 Å². The molecule has 2 atom stereocenters. The number of Topliss-reactive ketones (excluding diaryl/α,β-unsaturated/α-hetero) is 2. The molecule has 2 saturated carbocycles. The zero-order valence-electron chi connectivity index (χ0n) is 14.2. The maximum atomic E-state index is 13.0. The Kier molecular flexibility index (Phi) is 3.29. The average Bonchev–Trinajstić information content (AvgIpc) is 2.78. The van der Waals surface area contributed by atoms with E-state index in [2.05, 4.69) is 5.32 Å². The molecule has 0 aromatic heterocycles. The van der Waals surface area contributed by atoms with Gasteiger partial charge < -0.3 is 5.32 Å². The van der Waals surface area contributed by atoms with Gasteiger partial charge in [0.15, 0.2) is 5.78 Å². The topological polar surface area (TPSA) is 63.2 Å². The highest BCUT2D eigenvalue weighted by Gasteiger charge is 2.72. The second-order valence-corrected chi connectivity index (χ2v) is 7.73.